The molecule has 5 nitrogen and oxygen atoms in total. The van der Waals surface area contributed by atoms with Crippen LogP contribution in [0.25, 0.3) is 0 Å². The summed E-state index contributed by atoms with van der Waals surface area (Å²) in [6.07, 6.45) is 0.145. The predicted octanol–water partition coefficient (Wildman–Crippen LogP) is 1.25. The van der Waals surface area contributed by atoms with E-state index in [1.807, 2.05) is 6.92 Å². The van der Waals surface area contributed by atoms with Crippen LogP contribution in [0, 0.1) is 0 Å². The van der Waals surface area contributed by atoms with Crippen molar-refractivity contribution in [3.8, 4) is 17.2 Å². The monoisotopic (exact) mass is 239 g/mol. The highest BCUT2D eigenvalue weighted by molar-refractivity contribution is 5.51. The first-order valence-electron chi connectivity index (χ1n) is 5.55. The van der Waals surface area contributed by atoms with E-state index >= 15 is 0 Å². The van der Waals surface area contributed by atoms with Crippen molar-refractivity contribution >= 4 is 0 Å². The molecule has 1 heterocycles. The summed E-state index contributed by atoms with van der Waals surface area (Å²) < 4.78 is 15.6. The van der Waals surface area contributed by atoms with E-state index in [4.69, 9.17) is 14.2 Å². The lowest BCUT2D eigenvalue weighted by atomic mass is 10.1. The van der Waals surface area contributed by atoms with Crippen LogP contribution in [0.4, 0.5) is 0 Å². The third kappa shape index (κ3) is 2.81. The van der Waals surface area contributed by atoms with Crippen molar-refractivity contribution in [2.75, 3.05) is 20.4 Å². The van der Waals surface area contributed by atoms with Crippen molar-refractivity contribution in [3.05, 3.63) is 17.7 Å². The molecule has 0 aliphatic carbocycles. The molecule has 0 fully saturated rings. The Hall–Kier alpha value is -1.46. The molecule has 0 saturated heterocycles. The summed E-state index contributed by atoms with van der Waals surface area (Å²) in [5.41, 5.74) is 0.789. The van der Waals surface area contributed by atoms with Crippen LogP contribution in [0.3, 0.4) is 0 Å². The van der Waals surface area contributed by atoms with E-state index in [0.29, 0.717) is 18.0 Å². The van der Waals surface area contributed by atoms with Crippen LogP contribution in [-0.4, -0.2) is 31.7 Å². The van der Waals surface area contributed by atoms with Crippen LogP contribution in [0.2, 0.25) is 0 Å². The van der Waals surface area contributed by atoms with Crippen LogP contribution in [0.1, 0.15) is 12.5 Å². The number of nitrogens with one attached hydrogen (secondary N) is 1. The average Bonchev–Trinajstić information content (AvgIpc) is 2.76. The SMILES string of the molecule is COC(C)CNCc1cc2c(cc1O)OCO2. The summed E-state index contributed by atoms with van der Waals surface area (Å²) >= 11 is 0. The minimum absolute atomic E-state index is 0.145. The van der Waals surface area contributed by atoms with Gasteiger partial charge in [-0.2, -0.15) is 0 Å². The van der Waals surface area contributed by atoms with E-state index in [0.717, 1.165) is 12.1 Å². The minimum Gasteiger partial charge on any atom is -0.507 e. The number of methoxy groups -OCH3 is 1. The maximum Gasteiger partial charge on any atom is 0.231 e. The summed E-state index contributed by atoms with van der Waals surface area (Å²) in [5.74, 6) is 1.49. The standard InChI is InChI=1S/C12H17NO4/c1-8(15-2)5-13-6-9-3-11-12(4-10(9)14)17-7-16-11/h3-4,8,13-14H,5-7H2,1-2H3. The molecular weight excluding hydrogens is 222 g/mol. The Morgan fingerprint density at radius 3 is 2.82 bits per heavy atom. The zero-order chi connectivity index (χ0) is 12.3. The van der Waals surface area contributed by atoms with Gasteiger partial charge in [0.15, 0.2) is 11.5 Å². The highest BCUT2D eigenvalue weighted by atomic mass is 16.7. The highest BCUT2D eigenvalue weighted by Crippen LogP contribution is 2.37. The van der Waals surface area contributed by atoms with Crippen molar-refractivity contribution in [3.63, 3.8) is 0 Å². The van der Waals surface area contributed by atoms with Crippen LogP contribution >= 0.6 is 0 Å². The van der Waals surface area contributed by atoms with Gasteiger partial charge < -0.3 is 24.6 Å². The number of benzene rings is 1. The molecule has 5 heteroatoms. The topological polar surface area (TPSA) is 60.0 Å². The second kappa shape index (κ2) is 5.25. The first-order chi connectivity index (χ1) is 8.20. The highest BCUT2D eigenvalue weighted by Gasteiger charge is 2.16. The number of fused-ring (bicyclic) bond motifs is 1. The second-order valence-corrected chi connectivity index (χ2v) is 4.01. The molecule has 0 radical (unpaired) electrons. The first-order valence-corrected chi connectivity index (χ1v) is 5.55. The number of rotatable bonds is 5. The zero-order valence-corrected chi connectivity index (χ0v) is 10.0. The Balaban J connectivity index is 1.97. The summed E-state index contributed by atoms with van der Waals surface area (Å²) in [6, 6.07) is 3.38. The molecule has 17 heavy (non-hydrogen) atoms. The van der Waals surface area contributed by atoms with Gasteiger partial charge in [0.25, 0.3) is 0 Å². The largest absolute Gasteiger partial charge is 0.507 e. The van der Waals surface area contributed by atoms with Gasteiger partial charge in [-0.1, -0.05) is 0 Å². The lowest BCUT2D eigenvalue weighted by molar-refractivity contribution is 0.117. The third-order valence-electron chi connectivity index (χ3n) is 2.72. The number of hydrogen-bond donors (Lipinski definition) is 2. The van der Waals surface area contributed by atoms with Gasteiger partial charge in [0.1, 0.15) is 5.75 Å². The Kier molecular flexibility index (Phi) is 3.71. The lowest BCUT2D eigenvalue weighted by Gasteiger charge is -2.11. The molecule has 0 saturated carbocycles. The van der Waals surface area contributed by atoms with Gasteiger partial charge >= 0.3 is 0 Å². The second-order valence-electron chi connectivity index (χ2n) is 4.01. The Morgan fingerprint density at radius 1 is 1.41 bits per heavy atom. The molecule has 94 valence electrons. The average molecular weight is 239 g/mol. The third-order valence-corrected chi connectivity index (χ3v) is 2.72. The molecule has 1 aromatic rings. The van der Waals surface area contributed by atoms with Crippen molar-refractivity contribution in [2.24, 2.45) is 0 Å². The molecule has 1 aromatic carbocycles. The zero-order valence-electron chi connectivity index (χ0n) is 10.0. The lowest BCUT2D eigenvalue weighted by Crippen LogP contribution is -2.25. The molecule has 0 bridgehead atoms. The van der Waals surface area contributed by atoms with Gasteiger partial charge in [-0.05, 0) is 13.0 Å². The van der Waals surface area contributed by atoms with E-state index in [9.17, 15) is 5.11 Å². The van der Waals surface area contributed by atoms with Gasteiger partial charge in [0, 0.05) is 31.8 Å². The smallest absolute Gasteiger partial charge is 0.231 e. The van der Waals surface area contributed by atoms with Crippen molar-refractivity contribution in [2.45, 2.75) is 19.6 Å². The van der Waals surface area contributed by atoms with E-state index in [1.54, 1.807) is 19.2 Å². The molecule has 2 N–H and O–H groups in total. The molecule has 0 spiro atoms. The quantitative estimate of drug-likeness (QED) is 0.809. The molecule has 0 amide bonds. The Labute approximate surface area is 100 Å². The van der Waals surface area contributed by atoms with E-state index in [-0.39, 0.29) is 18.6 Å². The van der Waals surface area contributed by atoms with Crippen LogP contribution in [0.5, 0.6) is 17.2 Å². The maximum atomic E-state index is 9.79. The first kappa shape index (κ1) is 12.0. The Morgan fingerprint density at radius 2 is 2.12 bits per heavy atom. The summed E-state index contributed by atoms with van der Waals surface area (Å²) in [4.78, 5) is 0. The maximum absolute atomic E-state index is 9.79. The molecule has 2 rings (SSSR count). The van der Waals surface area contributed by atoms with Crippen LogP contribution in [-0.2, 0) is 11.3 Å². The van der Waals surface area contributed by atoms with Crippen molar-refractivity contribution in [1.29, 1.82) is 0 Å². The van der Waals surface area contributed by atoms with Crippen molar-refractivity contribution in [1.82, 2.24) is 5.32 Å². The predicted molar refractivity (Wildman–Crippen MR) is 62.4 cm³/mol. The molecular formula is C12H17NO4. The fourth-order valence-electron chi connectivity index (χ4n) is 1.61. The van der Waals surface area contributed by atoms with Gasteiger partial charge in [-0.15, -0.1) is 0 Å². The number of phenolic OH excluding ortho intramolecular Hbond substituents is 1. The summed E-state index contributed by atoms with van der Waals surface area (Å²) in [5, 5.41) is 13.0. The van der Waals surface area contributed by atoms with Crippen molar-refractivity contribution < 1.29 is 19.3 Å². The normalized spacial score (nSPS) is 14.9. The van der Waals surface area contributed by atoms with Crippen LogP contribution < -0.4 is 14.8 Å². The number of phenols is 1. The summed E-state index contributed by atoms with van der Waals surface area (Å²) in [7, 11) is 1.67. The minimum atomic E-state index is 0.145. The molecule has 0 aromatic heterocycles. The van der Waals surface area contributed by atoms with E-state index < -0.39 is 0 Å². The summed E-state index contributed by atoms with van der Waals surface area (Å²) in [6.45, 7) is 3.49. The molecule has 1 aliphatic heterocycles. The molecule has 1 unspecified atom stereocenters. The van der Waals surface area contributed by atoms with Crippen LogP contribution in [0.15, 0.2) is 12.1 Å². The van der Waals surface area contributed by atoms with Gasteiger partial charge in [0.05, 0.1) is 6.10 Å². The van der Waals surface area contributed by atoms with Gasteiger partial charge in [-0.25, -0.2) is 0 Å². The van der Waals surface area contributed by atoms with Gasteiger partial charge in [0.2, 0.25) is 6.79 Å². The molecule has 1 aliphatic rings. The number of ether oxygens (including phenoxy) is 3. The van der Waals surface area contributed by atoms with Gasteiger partial charge in [-0.3, -0.25) is 0 Å². The number of aromatic hydroxyl groups is 1. The fraction of sp³-hybridized carbons (Fsp3) is 0.500. The van der Waals surface area contributed by atoms with E-state index in [1.165, 1.54) is 0 Å². The number of hydrogen-bond acceptors (Lipinski definition) is 5. The molecule has 1 atom stereocenters. The fourth-order valence-corrected chi connectivity index (χ4v) is 1.61. The van der Waals surface area contributed by atoms with E-state index in [2.05, 4.69) is 5.32 Å². The Bertz CT molecular complexity index is 394.